The third-order valence-electron chi connectivity index (χ3n) is 8.54. The molecule has 2 saturated heterocycles. The van der Waals surface area contributed by atoms with Crippen molar-refractivity contribution in [3.05, 3.63) is 53.7 Å². The van der Waals surface area contributed by atoms with Crippen molar-refractivity contribution in [3.8, 4) is 11.1 Å². The van der Waals surface area contributed by atoms with Gasteiger partial charge in [-0.25, -0.2) is 13.8 Å². The molecule has 0 N–H and O–H groups in total. The highest BCUT2D eigenvalue weighted by molar-refractivity contribution is 6.35. The lowest BCUT2D eigenvalue weighted by Crippen LogP contribution is -2.59. The van der Waals surface area contributed by atoms with Gasteiger partial charge < -0.3 is 19.6 Å². The Morgan fingerprint density at radius 3 is 2.52 bits per heavy atom. The maximum atomic E-state index is 16.8. The van der Waals surface area contributed by atoms with Crippen molar-refractivity contribution in [2.24, 2.45) is 7.05 Å². The predicted octanol–water partition coefficient (Wildman–Crippen LogP) is 4.48. The van der Waals surface area contributed by atoms with E-state index in [-0.39, 0.29) is 39.7 Å². The maximum absolute atomic E-state index is 16.8. The van der Waals surface area contributed by atoms with E-state index in [1.54, 1.807) is 30.3 Å². The van der Waals surface area contributed by atoms with Crippen LogP contribution < -0.4 is 9.80 Å². The number of amides is 1. The quantitative estimate of drug-likeness (QED) is 0.316. The van der Waals surface area contributed by atoms with Gasteiger partial charge in [-0.1, -0.05) is 18.2 Å². The lowest BCUT2D eigenvalue weighted by molar-refractivity contribution is -0.128. The summed E-state index contributed by atoms with van der Waals surface area (Å²) >= 11 is 6.80. The van der Waals surface area contributed by atoms with Gasteiger partial charge in [-0.2, -0.15) is 10.1 Å². The van der Waals surface area contributed by atoms with Crippen LogP contribution in [0.5, 0.6) is 0 Å². The Labute approximate surface area is 248 Å². The second kappa shape index (κ2) is 10.5. The van der Waals surface area contributed by atoms with E-state index >= 15 is 8.78 Å². The molecule has 220 valence electrons. The standard InChI is InChI=1S/C30H33ClF2N8O/c1-7-23(42)40-12-17(3)41(13-16(40)2)29-20-10-21(31)24(25-22(32)9-8-18-11-34-38(6)28(18)25)26(33)27(20)35-30(36-29)39-14-19(15-39)37(4)5/h7-11,16-17,19H,1,12-15H2,2-6H3/t16-,17+/m1/s1. The smallest absolute Gasteiger partial charge is 0.246 e. The first-order valence-electron chi connectivity index (χ1n) is 13.9. The molecule has 9 nitrogen and oxygen atoms in total. The number of halogens is 3. The summed E-state index contributed by atoms with van der Waals surface area (Å²) in [5.41, 5.74) is 0.468. The molecule has 0 radical (unpaired) electrons. The molecule has 0 unspecified atom stereocenters. The summed E-state index contributed by atoms with van der Waals surface area (Å²) < 4.78 is 33.7. The molecule has 2 atom stereocenters. The number of nitrogens with zero attached hydrogens (tertiary/aromatic N) is 8. The van der Waals surface area contributed by atoms with E-state index in [1.807, 2.05) is 32.8 Å². The number of piperazine rings is 1. The molecule has 0 saturated carbocycles. The monoisotopic (exact) mass is 594 g/mol. The summed E-state index contributed by atoms with van der Waals surface area (Å²) in [5, 5.41) is 5.38. The predicted molar refractivity (Wildman–Crippen MR) is 162 cm³/mol. The number of aromatic nitrogens is 4. The molecular formula is C30H33ClF2N8O. The normalized spacial score (nSPS) is 19.7. The summed E-state index contributed by atoms with van der Waals surface area (Å²) in [6, 6.07) is 4.58. The second-order valence-corrected chi connectivity index (χ2v) is 11.9. The molecule has 0 spiro atoms. The summed E-state index contributed by atoms with van der Waals surface area (Å²) in [6.45, 7) is 9.89. The molecule has 2 fully saturated rings. The molecule has 2 aliphatic heterocycles. The third-order valence-corrected chi connectivity index (χ3v) is 8.84. The minimum atomic E-state index is -0.721. The van der Waals surface area contributed by atoms with Crippen LogP contribution >= 0.6 is 11.6 Å². The number of fused-ring (bicyclic) bond motifs is 2. The fourth-order valence-corrected chi connectivity index (χ4v) is 6.32. The first kappa shape index (κ1) is 28.3. The van der Waals surface area contributed by atoms with Gasteiger partial charge in [-0.3, -0.25) is 9.48 Å². The summed E-state index contributed by atoms with van der Waals surface area (Å²) in [4.78, 5) is 30.1. The Hall–Kier alpha value is -3.83. The van der Waals surface area contributed by atoms with Crippen molar-refractivity contribution in [2.75, 3.05) is 50.1 Å². The highest BCUT2D eigenvalue weighted by Gasteiger charge is 2.36. The molecule has 4 heterocycles. The zero-order valence-electron chi connectivity index (χ0n) is 24.3. The van der Waals surface area contributed by atoms with E-state index in [0.717, 1.165) is 0 Å². The van der Waals surface area contributed by atoms with Gasteiger partial charge in [0.2, 0.25) is 11.9 Å². The van der Waals surface area contributed by atoms with E-state index in [9.17, 15) is 4.79 Å². The Morgan fingerprint density at radius 2 is 1.83 bits per heavy atom. The van der Waals surface area contributed by atoms with Crippen molar-refractivity contribution in [3.63, 3.8) is 0 Å². The fraction of sp³-hybridized carbons (Fsp3) is 0.400. The third kappa shape index (κ3) is 4.46. The van der Waals surface area contributed by atoms with Crippen LogP contribution in [0.25, 0.3) is 32.9 Å². The van der Waals surface area contributed by atoms with Gasteiger partial charge in [0.25, 0.3) is 0 Å². The van der Waals surface area contributed by atoms with Crippen LogP contribution in [0.1, 0.15) is 13.8 Å². The molecular weight excluding hydrogens is 562 g/mol. The van der Waals surface area contributed by atoms with Gasteiger partial charge in [0, 0.05) is 73.3 Å². The molecule has 4 aromatic rings. The number of rotatable bonds is 5. The van der Waals surface area contributed by atoms with E-state index < -0.39 is 11.6 Å². The Balaban J connectivity index is 1.55. The average Bonchev–Trinajstić information content (AvgIpc) is 3.30. The SMILES string of the molecule is C=CC(=O)N1C[C@H](C)N(c2nc(N3CC(N(C)C)C3)nc3c(F)c(-c4c(F)ccc5cnn(C)c45)c(Cl)cc23)C[C@H]1C. The highest BCUT2D eigenvalue weighted by Crippen LogP contribution is 2.43. The fourth-order valence-electron chi connectivity index (χ4n) is 6.03. The molecule has 2 aromatic carbocycles. The zero-order chi connectivity index (χ0) is 30.0. The van der Waals surface area contributed by atoms with Gasteiger partial charge in [0.05, 0.1) is 16.7 Å². The maximum Gasteiger partial charge on any atom is 0.246 e. The Bertz CT molecular complexity index is 1730. The first-order chi connectivity index (χ1) is 20.0. The van der Waals surface area contributed by atoms with Crippen LogP contribution in [-0.4, -0.2) is 93.9 Å². The molecule has 2 aromatic heterocycles. The number of benzene rings is 2. The van der Waals surface area contributed by atoms with Crippen molar-refractivity contribution in [1.29, 1.82) is 0 Å². The largest absolute Gasteiger partial charge is 0.349 e. The van der Waals surface area contributed by atoms with Crippen LogP contribution in [0, 0.1) is 11.6 Å². The van der Waals surface area contributed by atoms with Crippen molar-refractivity contribution in [1.82, 2.24) is 29.5 Å². The highest BCUT2D eigenvalue weighted by atomic mass is 35.5. The van der Waals surface area contributed by atoms with Crippen LogP contribution in [0.3, 0.4) is 0 Å². The second-order valence-electron chi connectivity index (χ2n) is 11.5. The summed E-state index contributed by atoms with van der Waals surface area (Å²) in [5.74, 6) is -0.544. The number of hydrogen-bond donors (Lipinski definition) is 0. The summed E-state index contributed by atoms with van der Waals surface area (Å²) in [7, 11) is 5.72. The van der Waals surface area contributed by atoms with Gasteiger partial charge in [0.1, 0.15) is 17.2 Å². The van der Waals surface area contributed by atoms with Gasteiger partial charge in [-0.15, -0.1) is 0 Å². The number of aryl methyl sites for hydroxylation is 1. The molecule has 1 amide bonds. The van der Waals surface area contributed by atoms with Crippen LogP contribution in [0.2, 0.25) is 5.02 Å². The lowest BCUT2D eigenvalue weighted by Gasteiger charge is -2.45. The molecule has 0 bridgehead atoms. The minimum Gasteiger partial charge on any atom is -0.349 e. The molecule has 0 aliphatic carbocycles. The van der Waals surface area contributed by atoms with Crippen LogP contribution in [0.15, 0.2) is 37.1 Å². The summed E-state index contributed by atoms with van der Waals surface area (Å²) in [6.07, 6.45) is 2.93. The molecule has 12 heteroatoms. The number of carbonyl (C=O) groups excluding carboxylic acids is 1. The van der Waals surface area contributed by atoms with Crippen molar-refractivity contribution in [2.45, 2.75) is 32.0 Å². The van der Waals surface area contributed by atoms with E-state index in [2.05, 4.69) is 21.5 Å². The Morgan fingerprint density at radius 1 is 1.10 bits per heavy atom. The first-order valence-corrected chi connectivity index (χ1v) is 14.3. The lowest BCUT2D eigenvalue weighted by atomic mass is 9.99. The van der Waals surface area contributed by atoms with Crippen LogP contribution in [0.4, 0.5) is 20.5 Å². The van der Waals surface area contributed by atoms with Gasteiger partial charge >= 0.3 is 0 Å². The molecule has 6 rings (SSSR count). The minimum absolute atomic E-state index is 0.0359. The van der Waals surface area contributed by atoms with E-state index in [0.29, 0.717) is 60.3 Å². The zero-order valence-corrected chi connectivity index (χ0v) is 25.0. The van der Waals surface area contributed by atoms with Gasteiger partial charge in [0.15, 0.2) is 5.82 Å². The topological polar surface area (TPSA) is 73.6 Å². The van der Waals surface area contributed by atoms with Crippen molar-refractivity contribution >= 4 is 51.1 Å². The van der Waals surface area contributed by atoms with Crippen molar-refractivity contribution < 1.29 is 13.6 Å². The molecule has 2 aliphatic rings. The van der Waals surface area contributed by atoms with Crippen LogP contribution in [-0.2, 0) is 11.8 Å². The number of hydrogen-bond acceptors (Lipinski definition) is 7. The van der Waals surface area contributed by atoms with E-state index in [4.69, 9.17) is 21.6 Å². The number of anilines is 2. The number of carbonyl (C=O) groups is 1. The van der Waals surface area contributed by atoms with Gasteiger partial charge in [-0.05, 0) is 52.2 Å². The molecule has 42 heavy (non-hydrogen) atoms. The number of likely N-dealkylation sites (N-methyl/N-ethyl adjacent to an activating group) is 1. The Kier molecular flexibility index (Phi) is 7.05. The average molecular weight is 595 g/mol. The van der Waals surface area contributed by atoms with E-state index in [1.165, 1.54) is 16.8 Å².